The van der Waals surface area contributed by atoms with Gasteiger partial charge in [-0.1, -0.05) is 22.6 Å². The molecule has 1 saturated carbocycles. The van der Waals surface area contributed by atoms with Crippen LogP contribution in [0.1, 0.15) is 31.6 Å². The summed E-state index contributed by atoms with van der Waals surface area (Å²) in [4.78, 5) is 16.0. The Balaban J connectivity index is 1.41. The molecular formula is C19H20N4O4S. The number of nitrogens with zero attached hydrogens (tertiary/aromatic N) is 2. The number of hydrogen-bond acceptors (Lipinski definition) is 7. The summed E-state index contributed by atoms with van der Waals surface area (Å²) in [6, 6.07) is 8.27. The molecule has 28 heavy (non-hydrogen) atoms. The second-order valence-electron chi connectivity index (χ2n) is 6.67. The Hall–Kier alpha value is -3.07. The first kappa shape index (κ1) is 18.3. The molecule has 2 heterocycles. The van der Waals surface area contributed by atoms with Crippen LogP contribution >= 0.6 is 11.3 Å². The fourth-order valence-corrected chi connectivity index (χ4v) is 3.28. The second-order valence-corrected chi connectivity index (χ2v) is 7.66. The third kappa shape index (κ3) is 4.61. The maximum atomic E-state index is 11.0. The summed E-state index contributed by atoms with van der Waals surface area (Å²) in [7, 11) is 0. The molecule has 146 valence electrons. The van der Waals surface area contributed by atoms with Gasteiger partial charge in [-0.2, -0.15) is 0 Å². The van der Waals surface area contributed by atoms with Gasteiger partial charge in [0.25, 0.3) is 5.19 Å². The molecule has 1 unspecified atom stereocenters. The second kappa shape index (κ2) is 7.89. The minimum atomic E-state index is -0.623. The van der Waals surface area contributed by atoms with Crippen LogP contribution in [-0.2, 0) is 0 Å². The van der Waals surface area contributed by atoms with Gasteiger partial charge in [-0.05, 0) is 37.8 Å². The number of urea groups is 1. The SMILES string of the molecule is CC(NC(N)=O)c1cc(-c2cnc(Oc3cccc(OCC4CC4)c3)s2)no1. The van der Waals surface area contributed by atoms with Gasteiger partial charge in [-0.25, -0.2) is 9.78 Å². The molecule has 1 atom stereocenters. The van der Waals surface area contributed by atoms with Gasteiger partial charge in [0.1, 0.15) is 17.2 Å². The Morgan fingerprint density at radius 3 is 3.00 bits per heavy atom. The van der Waals surface area contributed by atoms with Crippen LogP contribution < -0.4 is 20.5 Å². The molecule has 3 aromatic rings. The Labute approximate surface area is 165 Å². The maximum absolute atomic E-state index is 11.0. The van der Waals surface area contributed by atoms with Crippen molar-refractivity contribution in [3.63, 3.8) is 0 Å². The summed E-state index contributed by atoms with van der Waals surface area (Å²) >= 11 is 1.35. The molecule has 8 nitrogen and oxygen atoms in total. The zero-order chi connectivity index (χ0) is 19.5. The summed E-state index contributed by atoms with van der Waals surface area (Å²) in [6.07, 6.45) is 4.17. The fraction of sp³-hybridized carbons (Fsp3) is 0.316. The van der Waals surface area contributed by atoms with Gasteiger partial charge in [0.2, 0.25) is 0 Å². The van der Waals surface area contributed by atoms with E-state index in [2.05, 4.69) is 15.5 Å². The number of carbonyl (C=O) groups excluding carboxylic acids is 1. The molecule has 0 saturated heterocycles. The molecule has 0 bridgehead atoms. The van der Waals surface area contributed by atoms with E-state index in [1.165, 1.54) is 24.2 Å². The van der Waals surface area contributed by atoms with Crippen LogP contribution in [0.3, 0.4) is 0 Å². The quantitative estimate of drug-likeness (QED) is 0.588. The number of amides is 2. The number of ether oxygens (including phenoxy) is 2. The first-order valence-corrected chi connectivity index (χ1v) is 9.78. The average Bonchev–Trinajstić information content (AvgIpc) is 3.15. The van der Waals surface area contributed by atoms with Gasteiger partial charge in [-0.15, -0.1) is 0 Å². The van der Waals surface area contributed by atoms with Crippen molar-refractivity contribution in [3.05, 3.63) is 42.3 Å². The molecule has 1 aliphatic rings. The average molecular weight is 400 g/mol. The van der Waals surface area contributed by atoms with Gasteiger partial charge in [0.05, 0.1) is 23.7 Å². The van der Waals surface area contributed by atoms with Gasteiger partial charge in [-0.3, -0.25) is 0 Å². The first-order chi connectivity index (χ1) is 13.6. The number of carbonyl (C=O) groups is 1. The number of aromatic nitrogens is 2. The topological polar surface area (TPSA) is 112 Å². The lowest BCUT2D eigenvalue weighted by Crippen LogP contribution is -2.31. The van der Waals surface area contributed by atoms with Crippen LogP contribution in [-0.4, -0.2) is 22.8 Å². The van der Waals surface area contributed by atoms with Gasteiger partial charge in [0, 0.05) is 12.1 Å². The van der Waals surface area contributed by atoms with Gasteiger partial charge in [0.15, 0.2) is 5.76 Å². The molecule has 2 aromatic heterocycles. The molecule has 0 aliphatic heterocycles. The summed E-state index contributed by atoms with van der Waals surface area (Å²) in [5.41, 5.74) is 5.74. The van der Waals surface area contributed by atoms with E-state index in [0.717, 1.165) is 17.2 Å². The standard InChI is InChI=1S/C19H20N4O4S/c1-11(22-18(20)24)16-8-15(23-27-16)17-9-21-19(28-17)26-14-4-2-3-13(7-14)25-10-12-5-6-12/h2-4,7-9,11-12H,5-6,10H2,1H3,(H3,20,22,24). The van der Waals surface area contributed by atoms with Crippen molar-refractivity contribution in [2.45, 2.75) is 25.8 Å². The molecule has 3 N–H and O–H groups in total. The Bertz CT molecular complexity index is 966. The highest BCUT2D eigenvalue weighted by molar-refractivity contribution is 7.16. The summed E-state index contributed by atoms with van der Waals surface area (Å²) < 4.78 is 16.9. The van der Waals surface area contributed by atoms with E-state index >= 15 is 0 Å². The molecule has 9 heteroatoms. The third-order valence-corrected chi connectivity index (χ3v) is 5.14. The smallest absolute Gasteiger partial charge is 0.312 e. The van der Waals surface area contributed by atoms with Crippen molar-refractivity contribution in [2.24, 2.45) is 11.7 Å². The zero-order valence-corrected chi connectivity index (χ0v) is 16.1. The molecule has 1 fully saturated rings. The van der Waals surface area contributed by atoms with E-state index in [4.69, 9.17) is 19.7 Å². The zero-order valence-electron chi connectivity index (χ0n) is 15.3. The van der Waals surface area contributed by atoms with Crippen LogP contribution in [0.5, 0.6) is 16.7 Å². The first-order valence-electron chi connectivity index (χ1n) is 8.96. The molecule has 4 rings (SSSR count). The predicted octanol–water partition coefficient (Wildman–Crippen LogP) is 4.11. The number of primary amides is 1. The number of benzene rings is 1. The molecule has 0 radical (unpaired) electrons. The van der Waals surface area contributed by atoms with E-state index in [0.29, 0.717) is 28.3 Å². The highest BCUT2D eigenvalue weighted by Crippen LogP contribution is 2.35. The van der Waals surface area contributed by atoms with Gasteiger partial charge >= 0.3 is 6.03 Å². The van der Waals surface area contributed by atoms with Crippen molar-refractivity contribution in [2.75, 3.05) is 6.61 Å². The van der Waals surface area contributed by atoms with Gasteiger partial charge < -0.3 is 25.0 Å². The van der Waals surface area contributed by atoms with Crippen molar-refractivity contribution in [1.82, 2.24) is 15.5 Å². The van der Waals surface area contributed by atoms with E-state index in [1.807, 2.05) is 24.3 Å². The number of thiazole rings is 1. The van der Waals surface area contributed by atoms with Crippen LogP contribution in [0.4, 0.5) is 4.79 Å². The normalized spacial score (nSPS) is 14.5. The Morgan fingerprint density at radius 1 is 1.39 bits per heavy atom. The monoisotopic (exact) mass is 400 g/mol. The van der Waals surface area contributed by atoms with E-state index < -0.39 is 6.03 Å². The largest absolute Gasteiger partial charge is 0.493 e. The lowest BCUT2D eigenvalue weighted by molar-refractivity contribution is 0.243. The highest BCUT2D eigenvalue weighted by Gasteiger charge is 2.22. The van der Waals surface area contributed by atoms with Crippen LogP contribution in [0, 0.1) is 5.92 Å². The maximum Gasteiger partial charge on any atom is 0.312 e. The minimum absolute atomic E-state index is 0.374. The summed E-state index contributed by atoms with van der Waals surface area (Å²) in [5.74, 6) is 2.65. The van der Waals surface area contributed by atoms with Crippen LogP contribution in [0.25, 0.3) is 10.6 Å². The Kier molecular flexibility index (Phi) is 5.16. The number of nitrogens with two attached hydrogens (primary N) is 1. The lowest BCUT2D eigenvalue weighted by atomic mass is 10.2. The number of rotatable bonds is 8. The number of nitrogens with one attached hydrogen (secondary N) is 1. The minimum Gasteiger partial charge on any atom is -0.493 e. The summed E-state index contributed by atoms with van der Waals surface area (Å²) in [6.45, 7) is 2.51. The van der Waals surface area contributed by atoms with Crippen molar-refractivity contribution in [3.8, 4) is 27.3 Å². The molecule has 0 spiro atoms. The van der Waals surface area contributed by atoms with Crippen molar-refractivity contribution >= 4 is 17.4 Å². The third-order valence-electron chi connectivity index (χ3n) is 4.24. The van der Waals surface area contributed by atoms with E-state index in [9.17, 15) is 4.79 Å². The molecule has 1 aromatic carbocycles. The molecule has 1 aliphatic carbocycles. The van der Waals surface area contributed by atoms with E-state index in [1.54, 1.807) is 19.2 Å². The highest BCUT2D eigenvalue weighted by atomic mass is 32.1. The van der Waals surface area contributed by atoms with Crippen LogP contribution in [0.15, 0.2) is 41.1 Å². The Morgan fingerprint density at radius 2 is 2.21 bits per heavy atom. The number of hydrogen-bond donors (Lipinski definition) is 2. The van der Waals surface area contributed by atoms with Crippen molar-refractivity contribution in [1.29, 1.82) is 0 Å². The molecular weight excluding hydrogens is 380 g/mol. The van der Waals surface area contributed by atoms with E-state index in [-0.39, 0.29) is 6.04 Å². The van der Waals surface area contributed by atoms with Crippen LogP contribution in [0.2, 0.25) is 0 Å². The molecule has 2 amide bonds. The van der Waals surface area contributed by atoms with Crippen molar-refractivity contribution < 1.29 is 18.8 Å². The summed E-state index contributed by atoms with van der Waals surface area (Å²) in [5, 5.41) is 7.06. The lowest BCUT2D eigenvalue weighted by Gasteiger charge is -2.07. The predicted molar refractivity (Wildman–Crippen MR) is 103 cm³/mol. The fourth-order valence-electron chi connectivity index (χ4n) is 2.54.